The van der Waals surface area contributed by atoms with Crippen molar-refractivity contribution >= 4 is 17.7 Å². The zero-order valence-corrected chi connectivity index (χ0v) is 9.79. The Bertz CT molecular complexity index is 501. The van der Waals surface area contributed by atoms with Crippen LogP contribution in [0.15, 0.2) is 24.3 Å². The number of amides is 1. The molecule has 0 saturated carbocycles. The molecule has 1 aromatic rings. The van der Waals surface area contributed by atoms with Gasteiger partial charge in [0.05, 0.1) is 18.7 Å². The number of aromatic hydroxyl groups is 1. The van der Waals surface area contributed by atoms with Crippen molar-refractivity contribution in [2.24, 2.45) is 0 Å². The number of carboxylic acids is 1. The van der Waals surface area contributed by atoms with Crippen molar-refractivity contribution in [3.8, 4) is 5.75 Å². The number of cyclic esters (lactones) is 1. The number of nitrogens with zero attached hydrogens (tertiary/aromatic N) is 1. The van der Waals surface area contributed by atoms with Gasteiger partial charge in [-0.2, -0.15) is 0 Å². The highest BCUT2D eigenvalue weighted by Gasteiger charge is 2.43. The zero-order valence-electron chi connectivity index (χ0n) is 9.79. The van der Waals surface area contributed by atoms with E-state index in [4.69, 9.17) is 9.84 Å². The van der Waals surface area contributed by atoms with Gasteiger partial charge in [-0.3, -0.25) is 9.69 Å². The smallest absolute Gasteiger partial charge is 0.415 e. The van der Waals surface area contributed by atoms with Gasteiger partial charge in [0, 0.05) is 6.07 Å². The molecule has 2 N–H and O–H groups in total. The average molecular weight is 251 g/mol. The number of anilines is 1. The van der Waals surface area contributed by atoms with Gasteiger partial charge < -0.3 is 14.9 Å². The first kappa shape index (κ1) is 12.2. The molecule has 0 aliphatic carbocycles. The average Bonchev–Trinajstić information content (AvgIpc) is 2.52. The summed E-state index contributed by atoms with van der Waals surface area (Å²) in [5.41, 5.74) is -0.567. The van der Waals surface area contributed by atoms with Crippen molar-refractivity contribution in [1.82, 2.24) is 0 Å². The van der Waals surface area contributed by atoms with E-state index in [0.717, 1.165) is 0 Å². The summed E-state index contributed by atoms with van der Waals surface area (Å²) in [5, 5.41) is 18.1. The van der Waals surface area contributed by atoms with Gasteiger partial charge in [0.15, 0.2) is 0 Å². The molecule has 1 fully saturated rings. The van der Waals surface area contributed by atoms with Crippen LogP contribution >= 0.6 is 0 Å². The largest absolute Gasteiger partial charge is 0.508 e. The van der Waals surface area contributed by atoms with E-state index in [9.17, 15) is 14.7 Å². The summed E-state index contributed by atoms with van der Waals surface area (Å²) in [7, 11) is 0. The molecular formula is C12H13NO5. The number of hydrogen-bond donors (Lipinski definition) is 2. The maximum Gasteiger partial charge on any atom is 0.415 e. The molecule has 6 heteroatoms. The fraction of sp³-hybridized carbons (Fsp3) is 0.333. The predicted molar refractivity (Wildman–Crippen MR) is 62.6 cm³/mol. The minimum atomic E-state index is -1.05. The Morgan fingerprint density at radius 1 is 1.56 bits per heavy atom. The topological polar surface area (TPSA) is 87.1 Å². The molecule has 1 atom stereocenters. The van der Waals surface area contributed by atoms with E-state index in [1.54, 1.807) is 19.1 Å². The molecular weight excluding hydrogens is 238 g/mol. The molecule has 1 heterocycles. The second-order valence-corrected chi connectivity index (χ2v) is 4.49. The number of benzene rings is 1. The molecule has 6 nitrogen and oxygen atoms in total. The Kier molecular flexibility index (Phi) is 2.86. The zero-order chi connectivity index (χ0) is 13.3. The van der Waals surface area contributed by atoms with E-state index in [-0.39, 0.29) is 18.7 Å². The van der Waals surface area contributed by atoms with Crippen LogP contribution in [-0.2, 0) is 9.53 Å². The second kappa shape index (κ2) is 4.21. The Balaban J connectivity index is 2.22. The summed E-state index contributed by atoms with van der Waals surface area (Å²) in [6.07, 6.45) is -0.863. The first-order valence-electron chi connectivity index (χ1n) is 5.41. The van der Waals surface area contributed by atoms with Crippen molar-refractivity contribution in [1.29, 1.82) is 0 Å². The van der Waals surface area contributed by atoms with E-state index in [1.807, 2.05) is 0 Å². The molecule has 1 amide bonds. The summed E-state index contributed by atoms with van der Waals surface area (Å²) in [4.78, 5) is 23.7. The lowest BCUT2D eigenvalue weighted by atomic mass is 10.0. The minimum absolute atomic E-state index is 0.0344. The number of carbonyl (C=O) groups excluding carboxylic acids is 1. The van der Waals surface area contributed by atoms with Crippen LogP contribution in [0.4, 0.5) is 10.5 Å². The maximum atomic E-state index is 11.7. The number of phenolic OH excluding ortho intramolecular Hbond substituents is 1. The molecule has 0 aromatic heterocycles. The van der Waals surface area contributed by atoms with Gasteiger partial charge in [-0.1, -0.05) is 6.07 Å². The van der Waals surface area contributed by atoms with Crippen LogP contribution in [-0.4, -0.2) is 34.4 Å². The third-order valence-electron chi connectivity index (χ3n) is 2.71. The Labute approximate surface area is 103 Å². The number of carbonyl (C=O) groups is 2. The lowest BCUT2D eigenvalue weighted by molar-refractivity contribution is -0.140. The predicted octanol–water partition coefficient (Wildman–Crippen LogP) is 1.58. The SMILES string of the molecule is CC1(CC(=O)O)CN(c2cccc(O)c2)C(=O)O1. The lowest BCUT2D eigenvalue weighted by Crippen LogP contribution is -2.33. The summed E-state index contributed by atoms with van der Waals surface area (Å²) in [5.74, 6) is -0.991. The van der Waals surface area contributed by atoms with Crippen LogP contribution in [0.25, 0.3) is 0 Å². The Morgan fingerprint density at radius 3 is 2.89 bits per heavy atom. The Hall–Kier alpha value is -2.24. The number of ether oxygens (including phenoxy) is 1. The Morgan fingerprint density at radius 2 is 2.28 bits per heavy atom. The van der Waals surface area contributed by atoms with Gasteiger partial charge in [0.1, 0.15) is 11.4 Å². The van der Waals surface area contributed by atoms with Gasteiger partial charge in [-0.05, 0) is 19.1 Å². The number of carboxylic acid groups (broad SMARTS) is 1. The van der Waals surface area contributed by atoms with E-state index in [2.05, 4.69) is 0 Å². The summed E-state index contributed by atoms with van der Waals surface area (Å²) in [6, 6.07) is 6.16. The van der Waals surface area contributed by atoms with Crippen molar-refractivity contribution < 1.29 is 24.5 Å². The first-order valence-corrected chi connectivity index (χ1v) is 5.41. The van der Waals surface area contributed by atoms with Crippen molar-refractivity contribution in [2.45, 2.75) is 18.9 Å². The molecule has 1 aliphatic rings. The van der Waals surface area contributed by atoms with Gasteiger partial charge in [-0.25, -0.2) is 4.79 Å². The molecule has 0 radical (unpaired) electrons. The molecule has 1 aliphatic heterocycles. The molecule has 1 saturated heterocycles. The monoisotopic (exact) mass is 251 g/mol. The highest BCUT2D eigenvalue weighted by Crippen LogP contribution is 2.31. The number of rotatable bonds is 3. The highest BCUT2D eigenvalue weighted by molar-refractivity contribution is 5.91. The fourth-order valence-corrected chi connectivity index (χ4v) is 1.97. The molecule has 1 aromatic carbocycles. The number of phenols is 1. The summed E-state index contributed by atoms with van der Waals surface area (Å²) in [6.45, 7) is 1.71. The van der Waals surface area contributed by atoms with Crippen molar-refractivity contribution in [3.05, 3.63) is 24.3 Å². The molecule has 1 unspecified atom stereocenters. The summed E-state index contributed by atoms with van der Waals surface area (Å²) >= 11 is 0. The van der Waals surface area contributed by atoms with E-state index in [1.165, 1.54) is 17.0 Å². The van der Waals surface area contributed by atoms with Gasteiger partial charge in [0.25, 0.3) is 0 Å². The standard InChI is InChI=1S/C12H13NO5/c1-12(6-10(15)16)7-13(11(17)18-12)8-3-2-4-9(14)5-8/h2-5,14H,6-7H2,1H3,(H,15,16). The number of hydrogen-bond acceptors (Lipinski definition) is 4. The normalized spacial score (nSPS) is 22.9. The van der Waals surface area contributed by atoms with Gasteiger partial charge in [-0.15, -0.1) is 0 Å². The second-order valence-electron chi connectivity index (χ2n) is 4.49. The quantitative estimate of drug-likeness (QED) is 0.851. The highest BCUT2D eigenvalue weighted by atomic mass is 16.6. The van der Waals surface area contributed by atoms with Gasteiger partial charge in [0.2, 0.25) is 0 Å². The molecule has 18 heavy (non-hydrogen) atoms. The molecule has 0 spiro atoms. The van der Waals surface area contributed by atoms with Gasteiger partial charge >= 0.3 is 12.1 Å². The third-order valence-corrected chi connectivity index (χ3v) is 2.71. The van der Waals surface area contributed by atoms with Crippen molar-refractivity contribution in [3.63, 3.8) is 0 Å². The van der Waals surface area contributed by atoms with E-state index < -0.39 is 17.7 Å². The van der Waals surface area contributed by atoms with Crippen LogP contribution in [0.3, 0.4) is 0 Å². The first-order chi connectivity index (χ1) is 8.39. The molecule has 2 rings (SSSR count). The van der Waals surface area contributed by atoms with Crippen molar-refractivity contribution in [2.75, 3.05) is 11.4 Å². The van der Waals surface area contributed by atoms with Crippen LogP contribution in [0, 0.1) is 0 Å². The van der Waals surface area contributed by atoms with Crippen LogP contribution in [0.1, 0.15) is 13.3 Å². The van der Waals surface area contributed by atoms with Crippen LogP contribution in [0.5, 0.6) is 5.75 Å². The van der Waals surface area contributed by atoms with Crippen LogP contribution in [0.2, 0.25) is 0 Å². The lowest BCUT2D eigenvalue weighted by Gasteiger charge is -2.19. The minimum Gasteiger partial charge on any atom is -0.508 e. The van der Waals surface area contributed by atoms with E-state index >= 15 is 0 Å². The third kappa shape index (κ3) is 2.37. The van der Waals surface area contributed by atoms with Crippen LogP contribution < -0.4 is 4.90 Å². The molecule has 96 valence electrons. The van der Waals surface area contributed by atoms with E-state index in [0.29, 0.717) is 5.69 Å². The summed E-state index contributed by atoms with van der Waals surface area (Å²) < 4.78 is 5.09. The fourth-order valence-electron chi connectivity index (χ4n) is 1.97. The number of aliphatic carboxylic acids is 1. The molecule has 0 bridgehead atoms. The maximum absolute atomic E-state index is 11.7.